The van der Waals surface area contributed by atoms with Crippen molar-refractivity contribution in [3.63, 3.8) is 0 Å². The third kappa shape index (κ3) is 1.84. The quantitative estimate of drug-likeness (QED) is 0.835. The van der Waals surface area contributed by atoms with Gasteiger partial charge in [0.1, 0.15) is 5.02 Å². The number of piperidine rings is 1. The highest BCUT2D eigenvalue weighted by molar-refractivity contribution is 6.32. The lowest BCUT2D eigenvalue weighted by Crippen LogP contribution is -2.43. The molecule has 1 saturated heterocycles. The van der Waals surface area contributed by atoms with E-state index in [0.717, 1.165) is 12.5 Å². The lowest BCUT2D eigenvalue weighted by molar-refractivity contribution is 0.360. The maximum Gasteiger partial charge on any atom is 0.271 e. The molecule has 1 aliphatic carbocycles. The van der Waals surface area contributed by atoms with Gasteiger partial charge in [-0.2, -0.15) is 0 Å². The van der Waals surface area contributed by atoms with Crippen LogP contribution in [0.1, 0.15) is 32.1 Å². The molecule has 5 heteroatoms. The molecule has 1 N–H and O–H groups in total. The molecule has 1 aromatic heterocycles. The van der Waals surface area contributed by atoms with Crippen molar-refractivity contribution in [1.82, 2.24) is 9.97 Å². The molecule has 2 atom stereocenters. The summed E-state index contributed by atoms with van der Waals surface area (Å²) in [4.78, 5) is 20.5. The third-order valence-corrected chi connectivity index (χ3v) is 4.38. The normalized spacial score (nSPS) is 28.2. The van der Waals surface area contributed by atoms with E-state index < -0.39 is 0 Å². The van der Waals surface area contributed by atoms with Crippen molar-refractivity contribution < 1.29 is 0 Å². The van der Waals surface area contributed by atoms with E-state index in [9.17, 15) is 4.79 Å². The fourth-order valence-electron chi connectivity index (χ4n) is 3.29. The summed E-state index contributed by atoms with van der Waals surface area (Å²) in [5, 5.41) is 0.236. The zero-order chi connectivity index (χ0) is 11.8. The predicted molar refractivity (Wildman–Crippen MR) is 67.6 cm³/mol. The van der Waals surface area contributed by atoms with Crippen molar-refractivity contribution in [3.8, 4) is 0 Å². The Morgan fingerprint density at radius 2 is 2.18 bits per heavy atom. The zero-order valence-corrected chi connectivity index (χ0v) is 10.4. The molecule has 3 rings (SSSR count). The maximum absolute atomic E-state index is 11.5. The van der Waals surface area contributed by atoms with Gasteiger partial charge < -0.3 is 9.88 Å². The zero-order valence-electron chi connectivity index (χ0n) is 9.66. The van der Waals surface area contributed by atoms with Gasteiger partial charge in [0.15, 0.2) is 5.82 Å². The van der Waals surface area contributed by atoms with Crippen LogP contribution in [0.15, 0.2) is 11.1 Å². The number of nitrogens with one attached hydrogen (secondary N) is 1. The van der Waals surface area contributed by atoms with Crippen LogP contribution in [-0.2, 0) is 0 Å². The Morgan fingerprint density at radius 3 is 3.06 bits per heavy atom. The number of aromatic amines is 1. The lowest BCUT2D eigenvalue weighted by atomic mass is 9.92. The van der Waals surface area contributed by atoms with E-state index in [4.69, 9.17) is 11.6 Å². The van der Waals surface area contributed by atoms with E-state index >= 15 is 0 Å². The molecule has 17 heavy (non-hydrogen) atoms. The first-order valence-corrected chi connectivity index (χ1v) is 6.65. The van der Waals surface area contributed by atoms with Crippen molar-refractivity contribution in [2.75, 3.05) is 11.4 Å². The molecular weight excluding hydrogens is 238 g/mol. The molecule has 2 fully saturated rings. The third-order valence-electron chi connectivity index (χ3n) is 4.04. The monoisotopic (exact) mass is 253 g/mol. The Hall–Kier alpha value is -1.03. The Labute approximate surface area is 105 Å². The minimum absolute atomic E-state index is 0.236. The maximum atomic E-state index is 11.5. The highest BCUT2D eigenvalue weighted by atomic mass is 35.5. The second kappa shape index (κ2) is 4.33. The average Bonchev–Trinajstić information content (AvgIpc) is 2.81. The lowest BCUT2D eigenvalue weighted by Gasteiger charge is -2.38. The van der Waals surface area contributed by atoms with Crippen LogP contribution in [0.2, 0.25) is 5.02 Å². The minimum atomic E-state index is -0.239. The highest BCUT2D eigenvalue weighted by Gasteiger charge is 2.36. The number of halogens is 1. The molecular formula is C12H16ClN3O. The molecule has 2 unspecified atom stereocenters. The Balaban J connectivity index is 1.97. The number of nitrogens with zero attached hydrogens (tertiary/aromatic N) is 2. The molecule has 4 nitrogen and oxygen atoms in total. The number of aromatic nitrogens is 2. The molecule has 0 radical (unpaired) electrons. The fourth-order valence-corrected chi connectivity index (χ4v) is 3.50. The molecule has 0 amide bonds. The molecule has 0 bridgehead atoms. The molecule has 1 aromatic rings. The standard InChI is InChI=1S/C12H16ClN3O/c13-10-11(14-7-15-12(10)17)16-6-2-4-8-3-1-5-9(8)16/h7-9H,1-6H2,(H,14,15,17). The summed E-state index contributed by atoms with van der Waals surface area (Å²) in [7, 11) is 0. The summed E-state index contributed by atoms with van der Waals surface area (Å²) in [6.45, 7) is 0.970. The van der Waals surface area contributed by atoms with Gasteiger partial charge in [0, 0.05) is 12.6 Å². The van der Waals surface area contributed by atoms with Crippen LogP contribution in [0.25, 0.3) is 0 Å². The number of hydrogen-bond acceptors (Lipinski definition) is 3. The molecule has 1 aliphatic heterocycles. The van der Waals surface area contributed by atoms with Gasteiger partial charge in [0.25, 0.3) is 5.56 Å². The second-order valence-electron chi connectivity index (χ2n) is 4.96. The van der Waals surface area contributed by atoms with Crippen LogP contribution >= 0.6 is 11.6 Å². The highest BCUT2D eigenvalue weighted by Crippen LogP contribution is 2.39. The number of rotatable bonds is 1. The van der Waals surface area contributed by atoms with Crippen molar-refractivity contribution >= 4 is 17.4 Å². The number of hydrogen-bond donors (Lipinski definition) is 1. The first kappa shape index (κ1) is 11.1. The van der Waals surface area contributed by atoms with Gasteiger partial charge in [0.05, 0.1) is 6.33 Å². The summed E-state index contributed by atoms with van der Waals surface area (Å²) >= 11 is 6.07. The van der Waals surface area contributed by atoms with E-state index in [0.29, 0.717) is 11.9 Å². The summed E-state index contributed by atoms with van der Waals surface area (Å²) in [5.74, 6) is 1.44. The number of H-pyrrole nitrogens is 1. The van der Waals surface area contributed by atoms with Crippen LogP contribution in [0, 0.1) is 5.92 Å². The predicted octanol–water partition coefficient (Wildman–Crippen LogP) is 2.19. The Kier molecular flexibility index (Phi) is 2.82. The fraction of sp³-hybridized carbons (Fsp3) is 0.667. The van der Waals surface area contributed by atoms with Crippen molar-refractivity contribution in [1.29, 1.82) is 0 Å². The molecule has 2 heterocycles. The van der Waals surface area contributed by atoms with Crippen LogP contribution in [-0.4, -0.2) is 22.6 Å². The van der Waals surface area contributed by atoms with Gasteiger partial charge in [-0.15, -0.1) is 0 Å². The van der Waals surface area contributed by atoms with E-state index in [1.54, 1.807) is 0 Å². The SMILES string of the molecule is O=c1[nH]cnc(N2CCCC3CCCC32)c1Cl. The Bertz CT molecular complexity index is 473. The van der Waals surface area contributed by atoms with Crippen molar-refractivity contribution in [2.45, 2.75) is 38.1 Å². The van der Waals surface area contributed by atoms with Crippen molar-refractivity contribution in [2.24, 2.45) is 5.92 Å². The van der Waals surface area contributed by atoms with E-state index in [2.05, 4.69) is 14.9 Å². The van der Waals surface area contributed by atoms with Gasteiger partial charge >= 0.3 is 0 Å². The van der Waals surface area contributed by atoms with Gasteiger partial charge in [0.2, 0.25) is 0 Å². The van der Waals surface area contributed by atoms with Crippen LogP contribution < -0.4 is 10.5 Å². The van der Waals surface area contributed by atoms with E-state index in [1.165, 1.54) is 38.4 Å². The molecule has 92 valence electrons. The summed E-state index contributed by atoms with van der Waals surface area (Å²) in [5.41, 5.74) is -0.239. The molecule has 1 saturated carbocycles. The topological polar surface area (TPSA) is 49.0 Å². The van der Waals surface area contributed by atoms with Crippen LogP contribution in [0.4, 0.5) is 5.82 Å². The summed E-state index contributed by atoms with van der Waals surface area (Å²) < 4.78 is 0. The summed E-state index contributed by atoms with van der Waals surface area (Å²) in [6, 6.07) is 0.538. The first-order valence-electron chi connectivity index (χ1n) is 6.27. The summed E-state index contributed by atoms with van der Waals surface area (Å²) in [6.07, 6.45) is 7.72. The first-order chi connectivity index (χ1) is 8.27. The minimum Gasteiger partial charge on any atom is -0.352 e. The van der Waals surface area contributed by atoms with Gasteiger partial charge in [-0.1, -0.05) is 18.0 Å². The van der Waals surface area contributed by atoms with Gasteiger partial charge in [-0.3, -0.25) is 4.79 Å². The number of fused-ring (bicyclic) bond motifs is 1. The molecule has 2 aliphatic rings. The smallest absolute Gasteiger partial charge is 0.271 e. The number of anilines is 1. The molecule has 0 aromatic carbocycles. The van der Waals surface area contributed by atoms with Crippen molar-refractivity contribution in [3.05, 3.63) is 21.7 Å². The van der Waals surface area contributed by atoms with E-state index in [-0.39, 0.29) is 10.6 Å². The average molecular weight is 254 g/mol. The Morgan fingerprint density at radius 1 is 1.35 bits per heavy atom. The van der Waals surface area contributed by atoms with Crippen LogP contribution in [0.3, 0.4) is 0 Å². The molecule has 0 spiro atoms. The van der Waals surface area contributed by atoms with Gasteiger partial charge in [-0.25, -0.2) is 4.98 Å². The largest absolute Gasteiger partial charge is 0.352 e. The van der Waals surface area contributed by atoms with E-state index in [1.807, 2.05) is 0 Å². The van der Waals surface area contributed by atoms with Gasteiger partial charge in [-0.05, 0) is 31.6 Å². The second-order valence-corrected chi connectivity index (χ2v) is 5.34. The van der Waals surface area contributed by atoms with Crippen LogP contribution in [0.5, 0.6) is 0 Å².